The first-order valence-corrected chi connectivity index (χ1v) is 10.4. The Bertz CT molecular complexity index is 701. The first-order valence-electron chi connectivity index (χ1n) is 8.95. The van der Waals surface area contributed by atoms with Gasteiger partial charge in [0.15, 0.2) is 0 Å². The topological polar surface area (TPSA) is 77.9 Å². The maximum Gasteiger partial charge on any atom is 0.253 e. The molecule has 0 unspecified atom stereocenters. The minimum Gasteiger partial charge on any atom is -0.393 e. The molecule has 0 atom stereocenters. The Balaban J connectivity index is 1.70. The number of sulfonamides is 1. The van der Waals surface area contributed by atoms with Gasteiger partial charge in [-0.3, -0.25) is 4.79 Å². The highest BCUT2D eigenvalue weighted by Gasteiger charge is 2.28. The van der Waals surface area contributed by atoms with Crippen molar-refractivity contribution < 1.29 is 18.3 Å². The van der Waals surface area contributed by atoms with Crippen LogP contribution in [0.5, 0.6) is 0 Å². The Morgan fingerprint density at radius 1 is 1.00 bits per heavy atom. The number of hydrogen-bond acceptors (Lipinski definition) is 4. The fourth-order valence-electron chi connectivity index (χ4n) is 3.40. The SMILES string of the molecule is CC1CCN(S(=O)(=O)c2ccc(C(=O)N3CCC(O)CC3)cc2)CC1. The van der Waals surface area contributed by atoms with Gasteiger partial charge in [-0.1, -0.05) is 6.92 Å². The van der Waals surface area contributed by atoms with Crippen LogP contribution in [0.15, 0.2) is 29.2 Å². The minimum absolute atomic E-state index is 0.109. The van der Waals surface area contributed by atoms with Crippen molar-refractivity contribution in [3.05, 3.63) is 29.8 Å². The van der Waals surface area contributed by atoms with Crippen LogP contribution in [0.3, 0.4) is 0 Å². The molecule has 0 aliphatic carbocycles. The van der Waals surface area contributed by atoms with E-state index in [1.165, 1.54) is 16.4 Å². The zero-order chi connectivity index (χ0) is 18.0. The van der Waals surface area contributed by atoms with Crippen LogP contribution >= 0.6 is 0 Å². The average Bonchev–Trinajstić information content (AvgIpc) is 2.62. The van der Waals surface area contributed by atoms with Crippen molar-refractivity contribution in [3.8, 4) is 0 Å². The van der Waals surface area contributed by atoms with Gasteiger partial charge in [-0.2, -0.15) is 4.31 Å². The first kappa shape index (κ1) is 18.4. The van der Waals surface area contributed by atoms with Gasteiger partial charge in [0.2, 0.25) is 10.0 Å². The first-order chi connectivity index (χ1) is 11.9. The number of carbonyl (C=O) groups is 1. The van der Waals surface area contributed by atoms with Gasteiger partial charge < -0.3 is 10.0 Å². The fraction of sp³-hybridized carbons (Fsp3) is 0.611. The summed E-state index contributed by atoms with van der Waals surface area (Å²) in [6, 6.07) is 6.23. The zero-order valence-electron chi connectivity index (χ0n) is 14.6. The summed E-state index contributed by atoms with van der Waals surface area (Å²) in [6.07, 6.45) is 2.62. The summed E-state index contributed by atoms with van der Waals surface area (Å²) in [5.41, 5.74) is 0.489. The highest BCUT2D eigenvalue weighted by atomic mass is 32.2. The van der Waals surface area contributed by atoms with Crippen molar-refractivity contribution in [2.75, 3.05) is 26.2 Å². The molecule has 1 N–H and O–H groups in total. The smallest absolute Gasteiger partial charge is 0.253 e. The van der Waals surface area contributed by atoms with Crippen molar-refractivity contribution >= 4 is 15.9 Å². The zero-order valence-corrected chi connectivity index (χ0v) is 15.4. The van der Waals surface area contributed by atoms with E-state index in [0.717, 1.165) is 12.8 Å². The lowest BCUT2D eigenvalue weighted by molar-refractivity contribution is 0.0546. The van der Waals surface area contributed by atoms with Crippen LogP contribution in [0, 0.1) is 5.92 Å². The second kappa shape index (κ2) is 7.43. The lowest BCUT2D eigenvalue weighted by atomic mass is 10.0. The number of hydrogen-bond donors (Lipinski definition) is 1. The molecular weight excluding hydrogens is 340 g/mol. The van der Waals surface area contributed by atoms with E-state index in [1.54, 1.807) is 17.0 Å². The second-order valence-electron chi connectivity index (χ2n) is 7.13. The van der Waals surface area contributed by atoms with Crippen LogP contribution in [0.4, 0.5) is 0 Å². The number of carbonyl (C=O) groups excluding carboxylic acids is 1. The molecule has 0 spiro atoms. The van der Waals surface area contributed by atoms with Crippen LogP contribution in [-0.4, -0.2) is 60.9 Å². The van der Waals surface area contributed by atoms with E-state index >= 15 is 0 Å². The van der Waals surface area contributed by atoms with Gasteiger partial charge in [0, 0.05) is 31.7 Å². The Morgan fingerprint density at radius 3 is 2.12 bits per heavy atom. The van der Waals surface area contributed by atoms with Gasteiger partial charge in [-0.25, -0.2) is 8.42 Å². The average molecular weight is 366 g/mol. The summed E-state index contributed by atoms with van der Waals surface area (Å²) in [4.78, 5) is 14.4. The number of aliphatic hydroxyl groups is 1. The van der Waals surface area contributed by atoms with E-state index in [-0.39, 0.29) is 16.9 Å². The van der Waals surface area contributed by atoms with E-state index in [4.69, 9.17) is 0 Å². The maximum atomic E-state index is 12.7. The highest BCUT2D eigenvalue weighted by Crippen LogP contribution is 2.24. The number of piperidine rings is 2. The molecule has 2 aliphatic rings. The quantitative estimate of drug-likeness (QED) is 0.883. The predicted octanol–water partition coefficient (Wildman–Crippen LogP) is 1.70. The third-order valence-corrected chi connectivity index (χ3v) is 7.15. The molecule has 1 amide bonds. The van der Waals surface area contributed by atoms with Gasteiger partial charge in [0.1, 0.15) is 0 Å². The summed E-state index contributed by atoms with van der Waals surface area (Å²) in [7, 11) is -3.48. The predicted molar refractivity (Wildman–Crippen MR) is 94.7 cm³/mol. The van der Waals surface area contributed by atoms with Gasteiger partial charge in [0.25, 0.3) is 5.91 Å². The van der Waals surface area contributed by atoms with E-state index in [1.807, 2.05) is 0 Å². The Hall–Kier alpha value is -1.44. The largest absolute Gasteiger partial charge is 0.393 e. The summed E-state index contributed by atoms with van der Waals surface area (Å²) in [5, 5.41) is 9.54. The molecule has 0 bridgehead atoms. The third kappa shape index (κ3) is 4.04. The van der Waals surface area contributed by atoms with E-state index in [9.17, 15) is 18.3 Å². The molecule has 138 valence electrons. The Kier molecular flexibility index (Phi) is 5.46. The molecule has 0 radical (unpaired) electrons. The number of rotatable bonds is 3. The molecule has 2 aliphatic heterocycles. The van der Waals surface area contributed by atoms with E-state index < -0.39 is 10.0 Å². The lowest BCUT2D eigenvalue weighted by Gasteiger charge is -2.30. The Labute approximate surface area is 149 Å². The van der Waals surface area contributed by atoms with Crippen molar-refractivity contribution in [1.82, 2.24) is 9.21 Å². The van der Waals surface area contributed by atoms with Crippen LogP contribution in [0.2, 0.25) is 0 Å². The normalized spacial score (nSPS) is 21.4. The number of amides is 1. The lowest BCUT2D eigenvalue weighted by Crippen LogP contribution is -2.40. The van der Waals surface area contributed by atoms with Gasteiger partial charge >= 0.3 is 0 Å². The van der Waals surface area contributed by atoms with Crippen LogP contribution in [-0.2, 0) is 10.0 Å². The molecule has 2 heterocycles. The van der Waals surface area contributed by atoms with Crippen molar-refractivity contribution in [3.63, 3.8) is 0 Å². The van der Waals surface area contributed by atoms with Crippen molar-refractivity contribution in [2.24, 2.45) is 5.92 Å². The molecule has 3 rings (SSSR count). The van der Waals surface area contributed by atoms with E-state index in [2.05, 4.69) is 6.92 Å². The molecule has 1 aromatic carbocycles. The molecule has 1 aromatic rings. The van der Waals surface area contributed by atoms with Crippen molar-refractivity contribution in [2.45, 2.75) is 43.6 Å². The number of nitrogens with zero attached hydrogens (tertiary/aromatic N) is 2. The number of benzene rings is 1. The number of likely N-dealkylation sites (tertiary alicyclic amines) is 1. The highest BCUT2D eigenvalue weighted by molar-refractivity contribution is 7.89. The molecule has 0 saturated carbocycles. The third-order valence-electron chi connectivity index (χ3n) is 5.23. The van der Waals surface area contributed by atoms with E-state index in [0.29, 0.717) is 50.5 Å². The maximum absolute atomic E-state index is 12.7. The molecule has 2 saturated heterocycles. The second-order valence-corrected chi connectivity index (χ2v) is 9.07. The van der Waals surface area contributed by atoms with Gasteiger partial charge in [0.05, 0.1) is 11.0 Å². The molecular formula is C18H26N2O4S. The summed E-state index contributed by atoms with van der Waals surface area (Å²) in [5.74, 6) is 0.456. The minimum atomic E-state index is -3.48. The van der Waals surface area contributed by atoms with Gasteiger partial charge in [-0.15, -0.1) is 0 Å². The van der Waals surface area contributed by atoms with Gasteiger partial charge in [-0.05, 0) is 55.9 Å². The summed E-state index contributed by atoms with van der Waals surface area (Å²) in [6.45, 7) is 4.32. The molecule has 6 nitrogen and oxygen atoms in total. The molecule has 7 heteroatoms. The molecule has 2 fully saturated rings. The van der Waals surface area contributed by atoms with Crippen LogP contribution < -0.4 is 0 Å². The molecule has 0 aromatic heterocycles. The monoisotopic (exact) mass is 366 g/mol. The molecule has 25 heavy (non-hydrogen) atoms. The summed E-state index contributed by atoms with van der Waals surface area (Å²) >= 11 is 0. The Morgan fingerprint density at radius 2 is 1.56 bits per heavy atom. The number of aliphatic hydroxyl groups excluding tert-OH is 1. The van der Waals surface area contributed by atoms with Crippen LogP contribution in [0.1, 0.15) is 43.0 Å². The summed E-state index contributed by atoms with van der Waals surface area (Å²) < 4.78 is 27.0. The van der Waals surface area contributed by atoms with Crippen molar-refractivity contribution in [1.29, 1.82) is 0 Å². The van der Waals surface area contributed by atoms with Crippen LogP contribution in [0.25, 0.3) is 0 Å². The fourth-order valence-corrected chi connectivity index (χ4v) is 4.87. The standard InChI is InChI=1S/C18H26N2O4S/c1-14-6-12-20(13-7-14)25(23,24)17-4-2-15(3-5-17)18(22)19-10-8-16(21)9-11-19/h2-5,14,16,21H,6-13H2,1H3.